The number of rotatable bonds is 2. The summed E-state index contributed by atoms with van der Waals surface area (Å²) in [5.41, 5.74) is 7.42. The van der Waals surface area contributed by atoms with Gasteiger partial charge in [-0.2, -0.15) is 5.26 Å². The van der Waals surface area contributed by atoms with Gasteiger partial charge in [-0.3, -0.25) is 0 Å². The van der Waals surface area contributed by atoms with Crippen LogP contribution in [0.2, 0.25) is 0 Å². The number of pyridine rings is 1. The standard InChI is InChI=1S/C9H9N5/c10-4-7-5-14-2-1-12-9(14)3-8(7)13-6-11/h1-3,5,13H,6,11H2. The Morgan fingerprint density at radius 2 is 2.50 bits per heavy atom. The molecule has 2 aromatic heterocycles. The van der Waals surface area contributed by atoms with Gasteiger partial charge in [0.1, 0.15) is 11.7 Å². The van der Waals surface area contributed by atoms with E-state index in [1.54, 1.807) is 29.1 Å². The number of aromatic nitrogens is 2. The molecule has 0 spiro atoms. The van der Waals surface area contributed by atoms with E-state index in [9.17, 15) is 0 Å². The van der Waals surface area contributed by atoms with Gasteiger partial charge < -0.3 is 15.5 Å². The van der Waals surface area contributed by atoms with Crippen LogP contribution in [0.25, 0.3) is 5.65 Å². The van der Waals surface area contributed by atoms with Crippen LogP contribution < -0.4 is 11.1 Å². The molecule has 0 saturated carbocycles. The highest BCUT2D eigenvalue weighted by Gasteiger charge is 2.03. The van der Waals surface area contributed by atoms with Crippen LogP contribution >= 0.6 is 0 Å². The van der Waals surface area contributed by atoms with E-state index in [-0.39, 0.29) is 0 Å². The van der Waals surface area contributed by atoms with Crippen LogP contribution in [0.3, 0.4) is 0 Å². The second-order valence-corrected chi connectivity index (χ2v) is 2.79. The normalized spacial score (nSPS) is 10.0. The van der Waals surface area contributed by atoms with Gasteiger partial charge >= 0.3 is 0 Å². The predicted molar refractivity (Wildman–Crippen MR) is 52.6 cm³/mol. The smallest absolute Gasteiger partial charge is 0.138 e. The SMILES string of the molecule is N#Cc1cn2ccnc2cc1NCN. The zero-order valence-electron chi connectivity index (χ0n) is 7.44. The number of hydrogen-bond donors (Lipinski definition) is 2. The molecule has 0 saturated heterocycles. The maximum Gasteiger partial charge on any atom is 0.138 e. The number of nitrogens with one attached hydrogen (secondary N) is 1. The zero-order chi connectivity index (χ0) is 9.97. The molecule has 0 aliphatic heterocycles. The molecule has 0 amide bonds. The predicted octanol–water partition coefficient (Wildman–Crippen LogP) is 0.534. The lowest BCUT2D eigenvalue weighted by atomic mass is 10.2. The van der Waals surface area contributed by atoms with Gasteiger partial charge in [-0.05, 0) is 0 Å². The largest absolute Gasteiger partial charge is 0.371 e. The molecule has 0 unspecified atom stereocenters. The number of nitrogens with two attached hydrogens (primary N) is 1. The van der Waals surface area contributed by atoms with Crippen molar-refractivity contribution < 1.29 is 0 Å². The van der Waals surface area contributed by atoms with Crippen LogP contribution in [0.4, 0.5) is 5.69 Å². The van der Waals surface area contributed by atoms with Crippen molar-refractivity contribution in [3.8, 4) is 6.07 Å². The fourth-order valence-electron chi connectivity index (χ4n) is 1.31. The molecule has 14 heavy (non-hydrogen) atoms. The molecule has 0 radical (unpaired) electrons. The van der Waals surface area contributed by atoms with Crippen molar-refractivity contribution in [2.75, 3.05) is 12.0 Å². The molecule has 0 fully saturated rings. The molecule has 3 N–H and O–H groups in total. The second kappa shape index (κ2) is 3.36. The van der Waals surface area contributed by atoms with Crippen LogP contribution in [0, 0.1) is 11.3 Å². The maximum absolute atomic E-state index is 8.88. The summed E-state index contributed by atoms with van der Waals surface area (Å²) in [5.74, 6) is 0. The summed E-state index contributed by atoms with van der Waals surface area (Å²) in [5, 5.41) is 11.8. The molecule has 2 rings (SSSR count). The third kappa shape index (κ3) is 1.28. The van der Waals surface area contributed by atoms with Crippen molar-refractivity contribution in [2.45, 2.75) is 0 Å². The van der Waals surface area contributed by atoms with Crippen LogP contribution in [0.15, 0.2) is 24.7 Å². The zero-order valence-corrected chi connectivity index (χ0v) is 7.44. The Morgan fingerprint density at radius 3 is 3.21 bits per heavy atom. The van der Waals surface area contributed by atoms with Gasteiger partial charge in [0.2, 0.25) is 0 Å². The number of nitrogens with zero attached hydrogens (tertiary/aromatic N) is 3. The fourth-order valence-corrected chi connectivity index (χ4v) is 1.31. The van der Waals surface area contributed by atoms with E-state index >= 15 is 0 Å². The van der Waals surface area contributed by atoms with Crippen LogP contribution in [-0.4, -0.2) is 16.1 Å². The van der Waals surface area contributed by atoms with E-state index in [4.69, 9.17) is 11.0 Å². The average Bonchev–Trinajstić information content (AvgIpc) is 2.64. The van der Waals surface area contributed by atoms with E-state index in [0.717, 1.165) is 5.65 Å². The molecular weight excluding hydrogens is 178 g/mol. The third-order valence-electron chi connectivity index (χ3n) is 1.94. The van der Waals surface area contributed by atoms with Crippen molar-refractivity contribution in [2.24, 2.45) is 5.73 Å². The first kappa shape index (κ1) is 8.53. The topological polar surface area (TPSA) is 79.1 Å². The van der Waals surface area contributed by atoms with Crippen LogP contribution in [0.5, 0.6) is 0 Å². The highest BCUT2D eigenvalue weighted by molar-refractivity contribution is 5.63. The first-order valence-corrected chi connectivity index (χ1v) is 4.16. The lowest BCUT2D eigenvalue weighted by Crippen LogP contribution is -2.12. The quantitative estimate of drug-likeness (QED) is 0.672. The van der Waals surface area contributed by atoms with Gasteiger partial charge in [0.25, 0.3) is 0 Å². The Morgan fingerprint density at radius 1 is 1.64 bits per heavy atom. The molecule has 70 valence electrons. The summed E-state index contributed by atoms with van der Waals surface area (Å²) in [6.07, 6.45) is 5.20. The summed E-state index contributed by atoms with van der Waals surface area (Å²) in [6.45, 7) is 0.297. The van der Waals surface area contributed by atoms with Crippen LogP contribution in [0.1, 0.15) is 5.56 Å². The highest BCUT2D eigenvalue weighted by Crippen LogP contribution is 2.16. The van der Waals surface area contributed by atoms with Gasteiger partial charge in [-0.25, -0.2) is 4.98 Å². The van der Waals surface area contributed by atoms with E-state index in [2.05, 4.69) is 16.4 Å². The number of anilines is 1. The molecule has 0 aliphatic carbocycles. The van der Waals surface area contributed by atoms with Gasteiger partial charge in [0.05, 0.1) is 17.9 Å². The maximum atomic E-state index is 8.88. The number of imidazole rings is 1. The summed E-state index contributed by atoms with van der Waals surface area (Å²) in [4.78, 5) is 4.11. The minimum atomic E-state index is 0.297. The van der Waals surface area contributed by atoms with Crippen molar-refractivity contribution in [1.29, 1.82) is 5.26 Å². The van der Waals surface area contributed by atoms with Crippen molar-refractivity contribution >= 4 is 11.3 Å². The minimum absolute atomic E-state index is 0.297. The Bertz CT molecular complexity index is 493. The second-order valence-electron chi connectivity index (χ2n) is 2.79. The molecular formula is C9H9N5. The van der Waals surface area contributed by atoms with Gasteiger partial charge in [0.15, 0.2) is 0 Å². The molecule has 0 atom stereocenters. The van der Waals surface area contributed by atoms with Crippen molar-refractivity contribution in [3.63, 3.8) is 0 Å². The van der Waals surface area contributed by atoms with E-state index in [0.29, 0.717) is 17.9 Å². The molecule has 5 heteroatoms. The van der Waals surface area contributed by atoms with Crippen molar-refractivity contribution in [1.82, 2.24) is 9.38 Å². The molecule has 2 heterocycles. The minimum Gasteiger partial charge on any atom is -0.371 e. The van der Waals surface area contributed by atoms with E-state index in [1.165, 1.54) is 0 Å². The van der Waals surface area contributed by atoms with E-state index < -0.39 is 0 Å². The number of hydrogen-bond acceptors (Lipinski definition) is 4. The first-order chi connectivity index (χ1) is 6.85. The van der Waals surface area contributed by atoms with Gasteiger partial charge in [-0.15, -0.1) is 0 Å². The summed E-state index contributed by atoms with van der Waals surface area (Å²) < 4.78 is 1.79. The Kier molecular flexibility index (Phi) is 2.05. The first-order valence-electron chi connectivity index (χ1n) is 4.16. The van der Waals surface area contributed by atoms with Crippen molar-refractivity contribution in [3.05, 3.63) is 30.2 Å². The summed E-state index contributed by atoms with van der Waals surface area (Å²) in [7, 11) is 0. The Hall–Kier alpha value is -2.06. The summed E-state index contributed by atoms with van der Waals surface area (Å²) in [6, 6.07) is 3.89. The lowest BCUT2D eigenvalue weighted by Gasteiger charge is -2.05. The molecule has 0 aliphatic rings. The number of fused-ring (bicyclic) bond motifs is 1. The lowest BCUT2D eigenvalue weighted by molar-refractivity contribution is 1.12. The third-order valence-corrected chi connectivity index (χ3v) is 1.94. The fraction of sp³-hybridized carbons (Fsp3) is 0.111. The van der Waals surface area contributed by atoms with E-state index in [1.807, 2.05) is 0 Å². The molecule has 0 bridgehead atoms. The Balaban J connectivity index is 2.62. The van der Waals surface area contributed by atoms with Gasteiger partial charge in [0, 0.05) is 24.7 Å². The molecule has 2 aromatic rings. The molecule has 5 nitrogen and oxygen atoms in total. The highest BCUT2D eigenvalue weighted by atomic mass is 15.0. The Labute approximate surface area is 80.8 Å². The molecule has 0 aromatic carbocycles. The number of nitriles is 1. The monoisotopic (exact) mass is 187 g/mol. The van der Waals surface area contributed by atoms with Gasteiger partial charge in [-0.1, -0.05) is 0 Å². The van der Waals surface area contributed by atoms with Crippen LogP contribution in [-0.2, 0) is 0 Å². The average molecular weight is 187 g/mol. The summed E-state index contributed by atoms with van der Waals surface area (Å²) >= 11 is 0.